The number of alkyl halides is 3. The molecule has 0 saturated carbocycles. The van der Waals surface area contributed by atoms with Crippen LogP contribution in [0.2, 0.25) is 0 Å². The predicted octanol–water partition coefficient (Wildman–Crippen LogP) is 3.52. The van der Waals surface area contributed by atoms with Gasteiger partial charge in [0.05, 0.1) is 5.56 Å². The number of likely N-dealkylation sites (tertiary alicyclic amines) is 1. The van der Waals surface area contributed by atoms with Crippen LogP contribution in [0.1, 0.15) is 34.5 Å². The SMILES string of the molecule is O=C(c1cccc(C(F)(F)F)c1)C1CCCN(Cc2ccn[nH]2)C1. The van der Waals surface area contributed by atoms with Gasteiger partial charge in [-0.2, -0.15) is 18.3 Å². The lowest BCUT2D eigenvalue weighted by Gasteiger charge is -2.31. The molecule has 1 aromatic carbocycles. The van der Waals surface area contributed by atoms with Gasteiger partial charge in [-0.1, -0.05) is 12.1 Å². The standard InChI is InChI=1S/C17H18F3N3O/c18-17(19,20)14-5-1-3-12(9-14)16(24)13-4-2-8-23(10-13)11-15-6-7-21-22-15/h1,3,5-7,9,13H,2,4,8,10-11H2,(H,21,22). The second-order valence-electron chi connectivity index (χ2n) is 6.10. The third-order valence-electron chi connectivity index (χ3n) is 4.30. The number of hydrogen-bond acceptors (Lipinski definition) is 3. The zero-order valence-corrected chi connectivity index (χ0v) is 13.0. The number of ketones is 1. The fraction of sp³-hybridized carbons (Fsp3) is 0.412. The first-order chi connectivity index (χ1) is 11.4. The minimum absolute atomic E-state index is 0.137. The Morgan fingerprint density at radius 1 is 1.33 bits per heavy atom. The van der Waals surface area contributed by atoms with Crippen LogP contribution in [-0.2, 0) is 12.7 Å². The van der Waals surface area contributed by atoms with Crippen LogP contribution in [0.5, 0.6) is 0 Å². The minimum atomic E-state index is -4.44. The van der Waals surface area contributed by atoms with E-state index in [1.165, 1.54) is 12.1 Å². The summed E-state index contributed by atoms with van der Waals surface area (Å²) in [6.07, 6.45) is -1.21. The van der Waals surface area contributed by atoms with Crippen molar-refractivity contribution >= 4 is 5.78 Å². The van der Waals surface area contributed by atoms with Gasteiger partial charge in [0.25, 0.3) is 0 Å². The summed E-state index contributed by atoms with van der Waals surface area (Å²) < 4.78 is 38.5. The molecule has 0 radical (unpaired) electrons. The van der Waals surface area contributed by atoms with E-state index in [2.05, 4.69) is 15.1 Å². The van der Waals surface area contributed by atoms with Gasteiger partial charge >= 0.3 is 6.18 Å². The van der Waals surface area contributed by atoms with Crippen LogP contribution in [-0.4, -0.2) is 34.0 Å². The number of nitrogens with one attached hydrogen (secondary N) is 1. The highest BCUT2D eigenvalue weighted by Gasteiger charge is 2.32. The zero-order valence-electron chi connectivity index (χ0n) is 13.0. The van der Waals surface area contributed by atoms with Crippen molar-refractivity contribution in [2.24, 2.45) is 5.92 Å². The molecule has 1 N–H and O–H groups in total. The lowest BCUT2D eigenvalue weighted by Crippen LogP contribution is -2.38. The van der Waals surface area contributed by atoms with Gasteiger partial charge in [-0.15, -0.1) is 0 Å². The van der Waals surface area contributed by atoms with Gasteiger partial charge in [-0.05, 0) is 37.6 Å². The van der Waals surface area contributed by atoms with Gasteiger partial charge < -0.3 is 0 Å². The van der Waals surface area contributed by atoms with E-state index in [4.69, 9.17) is 0 Å². The second-order valence-corrected chi connectivity index (χ2v) is 6.10. The number of hydrogen-bond donors (Lipinski definition) is 1. The molecule has 1 saturated heterocycles. The maximum absolute atomic E-state index is 12.8. The number of nitrogens with zero attached hydrogens (tertiary/aromatic N) is 2. The summed E-state index contributed by atoms with van der Waals surface area (Å²) in [7, 11) is 0. The van der Waals surface area contributed by atoms with Crippen molar-refractivity contribution in [1.29, 1.82) is 0 Å². The Kier molecular flexibility index (Phi) is 4.71. The molecule has 0 amide bonds. The summed E-state index contributed by atoms with van der Waals surface area (Å²) in [6, 6.07) is 6.57. The van der Waals surface area contributed by atoms with E-state index in [0.717, 1.165) is 30.8 Å². The number of rotatable bonds is 4. The predicted molar refractivity (Wildman–Crippen MR) is 82.4 cm³/mol. The highest BCUT2D eigenvalue weighted by atomic mass is 19.4. The van der Waals surface area contributed by atoms with E-state index in [-0.39, 0.29) is 17.3 Å². The molecule has 128 valence electrons. The first kappa shape index (κ1) is 16.7. The normalized spacial score (nSPS) is 19.4. The smallest absolute Gasteiger partial charge is 0.297 e. The third kappa shape index (κ3) is 3.84. The quantitative estimate of drug-likeness (QED) is 0.869. The summed E-state index contributed by atoms with van der Waals surface area (Å²) in [4.78, 5) is 14.7. The summed E-state index contributed by atoms with van der Waals surface area (Å²) >= 11 is 0. The molecule has 0 bridgehead atoms. The fourth-order valence-corrected chi connectivity index (χ4v) is 3.11. The Bertz CT molecular complexity index is 697. The maximum atomic E-state index is 12.8. The van der Waals surface area contributed by atoms with Crippen LogP contribution in [0.4, 0.5) is 13.2 Å². The van der Waals surface area contributed by atoms with Crippen LogP contribution in [0.25, 0.3) is 0 Å². The van der Waals surface area contributed by atoms with Crippen molar-refractivity contribution in [2.75, 3.05) is 13.1 Å². The minimum Gasteiger partial charge on any atom is -0.297 e. The van der Waals surface area contributed by atoms with E-state index in [9.17, 15) is 18.0 Å². The molecule has 1 aromatic heterocycles. The van der Waals surface area contributed by atoms with E-state index >= 15 is 0 Å². The van der Waals surface area contributed by atoms with E-state index in [0.29, 0.717) is 19.5 Å². The van der Waals surface area contributed by atoms with Crippen LogP contribution in [0, 0.1) is 5.92 Å². The molecule has 0 aliphatic carbocycles. The lowest BCUT2D eigenvalue weighted by atomic mass is 9.89. The first-order valence-electron chi connectivity index (χ1n) is 7.85. The molecule has 7 heteroatoms. The molecule has 1 atom stereocenters. The molecule has 1 fully saturated rings. The van der Waals surface area contributed by atoms with Gasteiger partial charge in [0.1, 0.15) is 0 Å². The number of aromatic amines is 1. The number of carbonyl (C=O) groups excluding carboxylic acids is 1. The highest BCUT2D eigenvalue weighted by Crippen LogP contribution is 2.30. The highest BCUT2D eigenvalue weighted by molar-refractivity contribution is 5.98. The molecule has 2 aromatic rings. The topological polar surface area (TPSA) is 49.0 Å². The summed E-state index contributed by atoms with van der Waals surface area (Å²) in [5.74, 6) is -0.486. The average molecular weight is 337 g/mol. The Morgan fingerprint density at radius 3 is 2.88 bits per heavy atom. The largest absolute Gasteiger partial charge is 0.416 e. The lowest BCUT2D eigenvalue weighted by molar-refractivity contribution is -0.137. The van der Waals surface area contributed by atoms with Gasteiger partial charge in [0.2, 0.25) is 0 Å². The van der Waals surface area contributed by atoms with Crippen LogP contribution >= 0.6 is 0 Å². The van der Waals surface area contributed by atoms with Crippen molar-refractivity contribution in [1.82, 2.24) is 15.1 Å². The second kappa shape index (κ2) is 6.76. The van der Waals surface area contributed by atoms with Crippen molar-refractivity contribution in [3.05, 3.63) is 53.3 Å². The van der Waals surface area contributed by atoms with E-state index in [1.807, 2.05) is 6.07 Å². The van der Waals surface area contributed by atoms with Crippen molar-refractivity contribution < 1.29 is 18.0 Å². The first-order valence-corrected chi connectivity index (χ1v) is 7.85. The number of H-pyrrole nitrogens is 1. The Labute approximate surface area is 137 Å². The summed E-state index contributed by atoms with van der Waals surface area (Å²) in [5, 5.41) is 6.78. The zero-order chi connectivity index (χ0) is 17.2. The van der Waals surface area contributed by atoms with Crippen LogP contribution in [0.3, 0.4) is 0 Å². The van der Waals surface area contributed by atoms with Gasteiger partial charge in [-0.25, -0.2) is 0 Å². The summed E-state index contributed by atoms with van der Waals surface area (Å²) in [6.45, 7) is 2.08. The fourth-order valence-electron chi connectivity index (χ4n) is 3.11. The average Bonchev–Trinajstić information content (AvgIpc) is 3.07. The molecule has 1 aliphatic rings. The molecule has 0 spiro atoms. The van der Waals surface area contributed by atoms with Crippen LogP contribution in [0.15, 0.2) is 36.5 Å². The van der Waals surface area contributed by atoms with Crippen molar-refractivity contribution in [2.45, 2.75) is 25.6 Å². The molecule has 4 nitrogen and oxygen atoms in total. The Morgan fingerprint density at radius 2 is 2.17 bits per heavy atom. The number of Topliss-reactive ketones (excluding diaryl/α,β-unsaturated/α-hetero) is 1. The Hall–Kier alpha value is -2.15. The van der Waals surface area contributed by atoms with E-state index < -0.39 is 11.7 Å². The molecule has 1 aliphatic heterocycles. The molecule has 24 heavy (non-hydrogen) atoms. The van der Waals surface area contributed by atoms with Gasteiger partial charge in [-0.3, -0.25) is 14.8 Å². The number of carbonyl (C=O) groups is 1. The molecular formula is C17H18F3N3O. The summed E-state index contributed by atoms with van der Waals surface area (Å²) in [5.41, 5.74) is 0.318. The Balaban J connectivity index is 1.70. The molecule has 2 heterocycles. The van der Waals surface area contributed by atoms with E-state index in [1.54, 1.807) is 6.20 Å². The third-order valence-corrected chi connectivity index (χ3v) is 4.30. The number of benzene rings is 1. The van der Waals surface area contributed by atoms with Crippen molar-refractivity contribution in [3.63, 3.8) is 0 Å². The molecule has 3 rings (SSSR count). The molecular weight excluding hydrogens is 319 g/mol. The van der Waals surface area contributed by atoms with Crippen molar-refractivity contribution in [3.8, 4) is 0 Å². The van der Waals surface area contributed by atoms with Crippen LogP contribution < -0.4 is 0 Å². The van der Waals surface area contributed by atoms with Gasteiger partial charge in [0, 0.05) is 36.5 Å². The maximum Gasteiger partial charge on any atom is 0.416 e. The number of aromatic nitrogens is 2. The number of piperidine rings is 1. The monoisotopic (exact) mass is 337 g/mol. The van der Waals surface area contributed by atoms with Gasteiger partial charge in [0.15, 0.2) is 5.78 Å². The number of halogens is 3. The molecule has 1 unspecified atom stereocenters.